The minimum absolute atomic E-state index is 0.345. The van der Waals surface area contributed by atoms with Crippen LogP contribution in [-0.4, -0.2) is 48.6 Å². The Balaban J connectivity index is 1.27. The van der Waals surface area contributed by atoms with Crippen molar-refractivity contribution in [2.45, 2.75) is 31.5 Å². The number of nitrogens with zero attached hydrogens (tertiary/aromatic N) is 3. The second kappa shape index (κ2) is 8.01. The summed E-state index contributed by atoms with van der Waals surface area (Å²) in [4.78, 5) is 11.3. The van der Waals surface area contributed by atoms with Crippen LogP contribution in [0.15, 0.2) is 42.6 Å². The Kier molecular flexibility index (Phi) is 5.32. The highest BCUT2D eigenvalue weighted by Gasteiger charge is 2.40. The molecular formula is C20H26N4O2. The number of anilines is 2. The fourth-order valence-electron chi connectivity index (χ4n) is 3.61. The molecule has 1 aromatic heterocycles. The van der Waals surface area contributed by atoms with E-state index in [1.807, 2.05) is 12.3 Å². The number of nitrogens with one attached hydrogen (secondary N) is 1. The second-order valence-electron chi connectivity index (χ2n) is 6.85. The lowest BCUT2D eigenvalue weighted by Gasteiger charge is -2.38. The smallest absolute Gasteiger partial charge is 0.224 e. The van der Waals surface area contributed by atoms with Crippen molar-refractivity contribution >= 4 is 11.8 Å². The first-order valence-corrected chi connectivity index (χ1v) is 9.47. The van der Waals surface area contributed by atoms with E-state index in [0.717, 1.165) is 51.1 Å². The number of aromatic nitrogens is 2. The van der Waals surface area contributed by atoms with Crippen LogP contribution in [0.4, 0.5) is 11.8 Å². The molecule has 0 amide bonds. The Labute approximate surface area is 154 Å². The summed E-state index contributed by atoms with van der Waals surface area (Å²) < 4.78 is 11.6. The molecular weight excluding hydrogens is 328 g/mol. The highest BCUT2D eigenvalue weighted by molar-refractivity contribution is 5.43. The molecule has 0 saturated carbocycles. The average molecular weight is 354 g/mol. The van der Waals surface area contributed by atoms with E-state index in [9.17, 15) is 0 Å². The van der Waals surface area contributed by atoms with Gasteiger partial charge in [-0.25, -0.2) is 4.98 Å². The maximum atomic E-state index is 5.80. The summed E-state index contributed by atoms with van der Waals surface area (Å²) in [6.07, 6.45) is 5.71. The Hall–Kier alpha value is -2.18. The van der Waals surface area contributed by atoms with Crippen LogP contribution in [0.25, 0.3) is 0 Å². The van der Waals surface area contributed by atoms with E-state index in [1.165, 1.54) is 5.56 Å². The van der Waals surface area contributed by atoms with Gasteiger partial charge in [-0.3, -0.25) is 0 Å². The molecule has 0 radical (unpaired) electrons. The summed E-state index contributed by atoms with van der Waals surface area (Å²) in [6, 6.07) is 12.5. The molecule has 3 heterocycles. The van der Waals surface area contributed by atoms with Crippen molar-refractivity contribution in [2.24, 2.45) is 0 Å². The van der Waals surface area contributed by atoms with Gasteiger partial charge in [-0.15, -0.1) is 0 Å². The Morgan fingerprint density at radius 2 is 1.81 bits per heavy atom. The van der Waals surface area contributed by atoms with Crippen LogP contribution in [-0.2, 0) is 15.9 Å². The number of hydrogen-bond donors (Lipinski definition) is 1. The largest absolute Gasteiger partial charge is 0.356 e. The van der Waals surface area contributed by atoms with Gasteiger partial charge in [0.25, 0.3) is 0 Å². The topological polar surface area (TPSA) is 59.5 Å². The molecule has 0 unspecified atom stereocenters. The molecule has 0 bridgehead atoms. The van der Waals surface area contributed by atoms with Crippen molar-refractivity contribution in [3.8, 4) is 0 Å². The molecule has 2 aliphatic rings. The van der Waals surface area contributed by atoms with Crippen LogP contribution in [0.5, 0.6) is 0 Å². The molecule has 6 nitrogen and oxygen atoms in total. The maximum absolute atomic E-state index is 5.80. The number of benzene rings is 1. The molecule has 2 aliphatic heterocycles. The molecule has 2 aromatic rings. The zero-order valence-electron chi connectivity index (χ0n) is 15.1. The SMILES string of the molecule is c1ccc(CCCNc2nccc(N3CCC4(CC3)OCCO4)n2)cc1. The lowest BCUT2D eigenvalue weighted by molar-refractivity contribution is -0.169. The highest BCUT2D eigenvalue weighted by atomic mass is 16.7. The van der Waals surface area contributed by atoms with E-state index in [2.05, 4.69) is 50.5 Å². The molecule has 26 heavy (non-hydrogen) atoms. The summed E-state index contributed by atoms with van der Waals surface area (Å²) in [5.74, 6) is 1.32. The zero-order valence-corrected chi connectivity index (χ0v) is 15.1. The molecule has 2 saturated heterocycles. The van der Waals surface area contributed by atoms with Gasteiger partial charge < -0.3 is 19.7 Å². The van der Waals surface area contributed by atoms with Crippen molar-refractivity contribution in [3.05, 3.63) is 48.2 Å². The number of piperidine rings is 1. The molecule has 4 rings (SSSR count). The van der Waals surface area contributed by atoms with E-state index >= 15 is 0 Å². The molecule has 1 N–H and O–H groups in total. The van der Waals surface area contributed by atoms with Crippen molar-refractivity contribution in [3.63, 3.8) is 0 Å². The first kappa shape index (κ1) is 17.2. The molecule has 1 aromatic carbocycles. The minimum Gasteiger partial charge on any atom is -0.356 e. The fraction of sp³-hybridized carbons (Fsp3) is 0.500. The number of aryl methyl sites for hydroxylation is 1. The monoisotopic (exact) mass is 354 g/mol. The third-order valence-corrected chi connectivity index (χ3v) is 5.07. The molecule has 0 atom stereocenters. The van der Waals surface area contributed by atoms with Gasteiger partial charge in [-0.05, 0) is 24.5 Å². The summed E-state index contributed by atoms with van der Waals surface area (Å²) in [6.45, 7) is 4.08. The quantitative estimate of drug-likeness (QED) is 0.805. The summed E-state index contributed by atoms with van der Waals surface area (Å²) in [5.41, 5.74) is 1.36. The van der Waals surface area contributed by atoms with Gasteiger partial charge in [0.15, 0.2) is 5.79 Å². The number of hydrogen-bond acceptors (Lipinski definition) is 6. The van der Waals surface area contributed by atoms with Crippen molar-refractivity contribution in [1.82, 2.24) is 9.97 Å². The van der Waals surface area contributed by atoms with Gasteiger partial charge in [0.1, 0.15) is 5.82 Å². The molecule has 0 aliphatic carbocycles. The van der Waals surface area contributed by atoms with Crippen molar-refractivity contribution in [2.75, 3.05) is 43.1 Å². The summed E-state index contributed by atoms with van der Waals surface area (Å²) >= 11 is 0. The predicted molar refractivity (Wildman–Crippen MR) is 101 cm³/mol. The fourth-order valence-corrected chi connectivity index (χ4v) is 3.61. The summed E-state index contributed by atoms with van der Waals surface area (Å²) in [5, 5.41) is 3.34. The van der Waals surface area contributed by atoms with Crippen LogP contribution in [0.2, 0.25) is 0 Å². The zero-order chi connectivity index (χ0) is 17.7. The van der Waals surface area contributed by atoms with Crippen LogP contribution < -0.4 is 10.2 Å². The van der Waals surface area contributed by atoms with Gasteiger partial charge in [0, 0.05) is 38.7 Å². The number of ether oxygens (including phenoxy) is 2. The van der Waals surface area contributed by atoms with E-state index in [0.29, 0.717) is 19.2 Å². The molecule has 6 heteroatoms. The minimum atomic E-state index is -0.345. The van der Waals surface area contributed by atoms with Gasteiger partial charge in [0.05, 0.1) is 13.2 Å². The van der Waals surface area contributed by atoms with Gasteiger partial charge in [0.2, 0.25) is 5.95 Å². The molecule has 1 spiro atoms. The predicted octanol–water partition coefficient (Wildman–Crippen LogP) is 2.86. The van der Waals surface area contributed by atoms with Gasteiger partial charge >= 0.3 is 0 Å². The van der Waals surface area contributed by atoms with Crippen molar-refractivity contribution < 1.29 is 9.47 Å². The maximum Gasteiger partial charge on any atom is 0.224 e. The van der Waals surface area contributed by atoms with Crippen LogP contribution in [0.1, 0.15) is 24.8 Å². The van der Waals surface area contributed by atoms with Crippen LogP contribution in [0, 0.1) is 0 Å². The first-order chi connectivity index (χ1) is 12.8. The van der Waals surface area contributed by atoms with Crippen molar-refractivity contribution in [1.29, 1.82) is 0 Å². The molecule has 2 fully saturated rings. The average Bonchev–Trinajstić information content (AvgIpc) is 3.15. The summed E-state index contributed by atoms with van der Waals surface area (Å²) in [7, 11) is 0. The van der Waals surface area contributed by atoms with Gasteiger partial charge in [-0.1, -0.05) is 30.3 Å². The molecule has 138 valence electrons. The lowest BCUT2D eigenvalue weighted by atomic mass is 10.0. The standard InChI is InChI=1S/C20H26N4O2/c1-2-5-17(6-3-1)7-4-11-21-19-22-12-8-18(23-19)24-13-9-20(10-14-24)25-15-16-26-20/h1-3,5-6,8,12H,4,7,9-11,13-16H2,(H,21,22,23). The second-order valence-corrected chi connectivity index (χ2v) is 6.85. The van der Waals surface area contributed by atoms with Gasteiger partial charge in [-0.2, -0.15) is 4.98 Å². The van der Waals surface area contributed by atoms with E-state index in [1.54, 1.807) is 0 Å². The number of rotatable bonds is 6. The van der Waals surface area contributed by atoms with E-state index in [-0.39, 0.29) is 5.79 Å². The third-order valence-electron chi connectivity index (χ3n) is 5.07. The lowest BCUT2D eigenvalue weighted by Crippen LogP contribution is -2.45. The van der Waals surface area contributed by atoms with E-state index < -0.39 is 0 Å². The Morgan fingerprint density at radius 3 is 2.58 bits per heavy atom. The van der Waals surface area contributed by atoms with Crippen LogP contribution in [0.3, 0.4) is 0 Å². The van der Waals surface area contributed by atoms with E-state index in [4.69, 9.17) is 9.47 Å². The normalized spacial score (nSPS) is 19.0. The highest BCUT2D eigenvalue weighted by Crippen LogP contribution is 2.32. The Morgan fingerprint density at radius 1 is 1.04 bits per heavy atom. The van der Waals surface area contributed by atoms with Crippen LogP contribution >= 0.6 is 0 Å². The Bertz CT molecular complexity index is 694. The first-order valence-electron chi connectivity index (χ1n) is 9.47. The third kappa shape index (κ3) is 4.14.